The van der Waals surface area contributed by atoms with Crippen LogP contribution in [0.5, 0.6) is 0 Å². The van der Waals surface area contributed by atoms with Crippen molar-refractivity contribution in [1.29, 1.82) is 5.26 Å². The second-order valence-corrected chi connectivity index (χ2v) is 4.80. The first-order valence-electron chi connectivity index (χ1n) is 6.86. The van der Waals surface area contributed by atoms with Crippen LogP contribution in [0.15, 0.2) is 30.3 Å². The summed E-state index contributed by atoms with van der Waals surface area (Å²) in [6.07, 6.45) is 0.891. The zero-order chi connectivity index (χ0) is 14.2. The van der Waals surface area contributed by atoms with E-state index in [0.717, 1.165) is 18.5 Å². The van der Waals surface area contributed by atoms with Crippen molar-refractivity contribution in [3.63, 3.8) is 0 Å². The molecule has 2 rings (SSSR count). The van der Waals surface area contributed by atoms with Crippen LogP contribution in [0.2, 0.25) is 0 Å². The van der Waals surface area contributed by atoms with Gasteiger partial charge in [-0.3, -0.25) is 4.79 Å². The lowest BCUT2D eigenvalue weighted by molar-refractivity contribution is -0.132. The smallest absolute Gasteiger partial charge is 0.251 e. The second kappa shape index (κ2) is 7.63. The third kappa shape index (κ3) is 4.34. The van der Waals surface area contributed by atoms with Gasteiger partial charge in [0.05, 0.1) is 6.07 Å². The molecule has 2 N–H and O–H groups in total. The van der Waals surface area contributed by atoms with Crippen LogP contribution in [-0.4, -0.2) is 37.7 Å². The van der Waals surface area contributed by atoms with Crippen molar-refractivity contribution in [2.75, 3.05) is 19.7 Å². The van der Waals surface area contributed by atoms with Gasteiger partial charge in [0.15, 0.2) is 0 Å². The monoisotopic (exact) mass is 273 g/mol. The normalized spacial score (nSPS) is 20.4. The Bertz CT molecular complexity index is 462. The molecule has 20 heavy (non-hydrogen) atoms. The predicted molar refractivity (Wildman–Crippen MR) is 74.9 cm³/mol. The highest BCUT2D eigenvalue weighted by atomic mass is 16.5. The molecule has 5 nitrogen and oxygen atoms in total. The summed E-state index contributed by atoms with van der Waals surface area (Å²) in [6, 6.07) is 11.3. The number of nitrogens with zero attached hydrogens (tertiary/aromatic N) is 1. The van der Waals surface area contributed by atoms with E-state index in [4.69, 9.17) is 10.00 Å². The van der Waals surface area contributed by atoms with Crippen molar-refractivity contribution in [2.45, 2.75) is 25.0 Å². The summed E-state index contributed by atoms with van der Waals surface area (Å²) in [7, 11) is 0. The molecular weight excluding hydrogens is 254 g/mol. The van der Waals surface area contributed by atoms with E-state index in [1.54, 1.807) is 0 Å². The summed E-state index contributed by atoms with van der Waals surface area (Å²) in [4.78, 5) is 12.1. The SMILES string of the molecule is N#CC(Cc1ccccc1)NC(=O)[C@@H]1CNCCCO1. The Balaban J connectivity index is 1.89. The summed E-state index contributed by atoms with van der Waals surface area (Å²) < 4.78 is 5.48. The molecule has 0 saturated carbocycles. The minimum absolute atomic E-state index is 0.220. The van der Waals surface area contributed by atoms with Crippen LogP contribution in [-0.2, 0) is 16.0 Å². The number of hydrogen-bond acceptors (Lipinski definition) is 4. The van der Waals surface area contributed by atoms with E-state index in [2.05, 4.69) is 16.7 Å². The quantitative estimate of drug-likeness (QED) is 0.843. The molecule has 1 aromatic carbocycles. The van der Waals surface area contributed by atoms with Gasteiger partial charge in [-0.1, -0.05) is 30.3 Å². The van der Waals surface area contributed by atoms with Crippen LogP contribution in [0.3, 0.4) is 0 Å². The van der Waals surface area contributed by atoms with Gasteiger partial charge < -0.3 is 15.4 Å². The fourth-order valence-corrected chi connectivity index (χ4v) is 2.13. The summed E-state index contributed by atoms with van der Waals surface area (Å²) in [5, 5.41) is 15.1. The molecule has 1 aliphatic heterocycles. The van der Waals surface area contributed by atoms with Gasteiger partial charge in [0.2, 0.25) is 0 Å². The topological polar surface area (TPSA) is 74.2 Å². The average Bonchev–Trinajstić information content (AvgIpc) is 2.76. The molecule has 1 saturated heterocycles. The number of carbonyl (C=O) groups excluding carboxylic acids is 1. The maximum atomic E-state index is 12.1. The largest absolute Gasteiger partial charge is 0.367 e. The number of ether oxygens (including phenoxy) is 1. The second-order valence-electron chi connectivity index (χ2n) is 4.80. The average molecular weight is 273 g/mol. The van der Waals surface area contributed by atoms with Crippen molar-refractivity contribution in [1.82, 2.24) is 10.6 Å². The van der Waals surface area contributed by atoms with E-state index in [9.17, 15) is 4.79 Å². The van der Waals surface area contributed by atoms with Crippen molar-refractivity contribution in [2.24, 2.45) is 0 Å². The van der Waals surface area contributed by atoms with Crippen LogP contribution in [0, 0.1) is 11.3 Å². The van der Waals surface area contributed by atoms with E-state index in [0.29, 0.717) is 19.6 Å². The molecule has 1 heterocycles. The highest BCUT2D eigenvalue weighted by Gasteiger charge is 2.23. The maximum Gasteiger partial charge on any atom is 0.251 e. The molecule has 0 bridgehead atoms. The molecular formula is C15H19N3O2. The molecule has 106 valence electrons. The first-order chi connectivity index (χ1) is 9.79. The lowest BCUT2D eigenvalue weighted by Gasteiger charge is -2.17. The van der Waals surface area contributed by atoms with E-state index in [1.165, 1.54) is 0 Å². The maximum absolute atomic E-state index is 12.1. The number of rotatable bonds is 4. The molecule has 1 fully saturated rings. The van der Waals surface area contributed by atoms with E-state index in [-0.39, 0.29) is 5.91 Å². The highest BCUT2D eigenvalue weighted by Crippen LogP contribution is 2.04. The molecule has 2 atom stereocenters. The number of amides is 1. The first-order valence-corrected chi connectivity index (χ1v) is 6.86. The zero-order valence-electron chi connectivity index (χ0n) is 11.3. The minimum atomic E-state index is -0.531. The van der Waals surface area contributed by atoms with Crippen molar-refractivity contribution < 1.29 is 9.53 Å². The Morgan fingerprint density at radius 3 is 3.05 bits per heavy atom. The van der Waals surface area contributed by atoms with Gasteiger partial charge in [-0.15, -0.1) is 0 Å². The molecule has 1 aromatic rings. The van der Waals surface area contributed by atoms with Gasteiger partial charge in [-0.2, -0.15) is 5.26 Å². The van der Waals surface area contributed by atoms with Crippen molar-refractivity contribution in [3.05, 3.63) is 35.9 Å². The molecule has 1 aliphatic rings. The third-order valence-corrected chi connectivity index (χ3v) is 3.19. The summed E-state index contributed by atoms with van der Waals surface area (Å²) >= 11 is 0. The first kappa shape index (κ1) is 14.5. The van der Waals surface area contributed by atoms with Crippen LogP contribution in [0.25, 0.3) is 0 Å². The summed E-state index contributed by atoms with van der Waals surface area (Å²) in [6.45, 7) is 1.92. The highest BCUT2D eigenvalue weighted by molar-refractivity contribution is 5.81. The number of benzene rings is 1. The fraction of sp³-hybridized carbons (Fsp3) is 0.467. The fourth-order valence-electron chi connectivity index (χ4n) is 2.13. The van der Waals surface area contributed by atoms with Crippen molar-refractivity contribution >= 4 is 5.91 Å². The van der Waals surface area contributed by atoms with Crippen LogP contribution >= 0.6 is 0 Å². The molecule has 1 unspecified atom stereocenters. The third-order valence-electron chi connectivity index (χ3n) is 3.19. The lowest BCUT2D eigenvalue weighted by atomic mass is 10.1. The zero-order valence-corrected chi connectivity index (χ0v) is 11.3. The summed E-state index contributed by atoms with van der Waals surface area (Å²) in [5.41, 5.74) is 1.03. The molecule has 0 radical (unpaired) electrons. The minimum Gasteiger partial charge on any atom is -0.367 e. The lowest BCUT2D eigenvalue weighted by Crippen LogP contribution is -2.46. The molecule has 1 amide bonds. The van der Waals surface area contributed by atoms with E-state index < -0.39 is 12.1 Å². The molecule has 0 aromatic heterocycles. The van der Waals surface area contributed by atoms with Crippen LogP contribution < -0.4 is 10.6 Å². The number of hydrogen-bond donors (Lipinski definition) is 2. The van der Waals surface area contributed by atoms with Gasteiger partial charge in [0.25, 0.3) is 5.91 Å². The van der Waals surface area contributed by atoms with E-state index >= 15 is 0 Å². The van der Waals surface area contributed by atoms with Gasteiger partial charge in [-0.25, -0.2) is 0 Å². The van der Waals surface area contributed by atoms with Gasteiger partial charge in [-0.05, 0) is 18.5 Å². The Morgan fingerprint density at radius 2 is 2.30 bits per heavy atom. The van der Waals surface area contributed by atoms with Crippen LogP contribution in [0.4, 0.5) is 0 Å². The molecule has 5 heteroatoms. The Kier molecular flexibility index (Phi) is 5.54. The van der Waals surface area contributed by atoms with Crippen molar-refractivity contribution in [3.8, 4) is 6.07 Å². The molecule has 0 spiro atoms. The number of nitrogens with one attached hydrogen (secondary N) is 2. The Hall–Kier alpha value is -1.90. The number of nitriles is 1. The van der Waals surface area contributed by atoms with Gasteiger partial charge in [0, 0.05) is 19.6 Å². The van der Waals surface area contributed by atoms with Gasteiger partial charge in [0.1, 0.15) is 12.1 Å². The predicted octanol–water partition coefficient (Wildman–Crippen LogP) is 0.616. The van der Waals surface area contributed by atoms with Crippen LogP contribution in [0.1, 0.15) is 12.0 Å². The Labute approximate surface area is 118 Å². The standard InChI is InChI=1S/C15H19N3O2/c16-10-13(9-12-5-2-1-3-6-12)18-15(19)14-11-17-7-4-8-20-14/h1-3,5-6,13-14,17H,4,7-9,11H2,(H,18,19)/t13?,14-/m0/s1. The van der Waals surface area contributed by atoms with E-state index in [1.807, 2.05) is 30.3 Å². The summed E-state index contributed by atoms with van der Waals surface area (Å²) in [5.74, 6) is -0.220. The number of carbonyl (C=O) groups is 1. The Morgan fingerprint density at radius 1 is 1.50 bits per heavy atom. The van der Waals surface area contributed by atoms with Gasteiger partial charge >= 0.3 is 0 Å². The molecule has 0 aliphatic carbocycles.